The minimum Gasteiger partial charge on any atom is -0.481 e. The number of anilines is 3. The summed E-state index contributed by atoms with van der Waals surface area (Å²) in [5.74, 6) is -1.39. The highest BCUT2D eigenvalue weighted by molar-refractivity contribution is 5.98. The monoisotopic (exact) mass is 471 g/mol. The van der Waals surface area contributed by atoms with Gasteiger partial charge in [-0.2, -0.15) is 0 Å². The first kappa shape index (κ1) is 24.0. The van der Waals surface area contributed by atoms with Crippen LogP contribution in [0.3, 0.4) is 0 Å². The molecule has 0 aromatic heterocycles. The Bertz CT molecular complexity index is 1240. The maximum absolute atomic E-state index is 12.9. The molecule has 0 saturated heterocycles. The van der Waals surface area contributed by atoms with Crippen LogP contribution in [0.5, 0.6) is 0 Å². The predicted molar refractivity (Wildman–Crippen MR) is 137 cm³/mol. The number of carbonyl (C=O) groups excluding carboxylic acids is 2. The molecule has 1 heterocycles. The van der Waals surface area contributed by atoms with Gasteiger partial charge in [0.25, 0.3) is 0 Å². The summed E-state index contributed by atoms with van der Waals surface area (Å²) in [5.41, 5.74) is 5.11. The van der Waals surface area contributed by atoms with Crippen molar-refractivity contribution in [1.82, 2.24) is 0 Å². The van der Waals surface area contributed by atoms with Crippen molar-refractivity contribution in [2.45, 2.75) is 31.6 Å². The third-order valence-corrected chi connectivity index (χ3v) is 6.41. The van der Waals surface area contributed by atoms with Crippen LogP contribution in [0.1, 0.15) is 41.9 Å². The highest BCUT2D eigenvalue weighted by Crippen LogP contribution is 2.32. The number of amides is 2. The van der Waals surface area contributed by atoms with Crippen LogP contribution in [0.25, 0.3) is 0 Å². The van der Waals surface area contributed by atoms with E-state index in [0.29, 0.717) is 12.2 Å². The van der Waals surface area contributed by atoms with Crippen LogP contribution in [-0.4, -0.2) is 36.5 Å². The Labute approximate surface area is 204 Å². The third kappa shape index (κ3) is 5.69. The number of nitrogens with one attached hydrogen (secondary N) is 2. The number of rotatable bonds is 8. The van der Waals surface area contributed by atoms with Crippen molar-refractivity contribution in [1.29, 1.82) is 0 Å². The summed E-state index contributed by atoms with van der Waals surface area (Å²) in [6.07, 6.45) is 0.243. The molecule has 0 radical (unpaired) electrons. The topological polar surface area (TPSA) is 98.7 Å². The van der Waals surface area contributed by atoms with Crippen molar-refractivity contribution in [3.05, 3.63) is 89.5 Å². The molecule has 0 saturated carbocycles. The van der Waals surface area contributed by atoms with E-state index in [-0.39, 0.29) is 36.5 Å². The summed E-state index contributed by atoms with van der Waals surface area (Å²) in [6.45, 7) is 2.43. The van der Waals surface area contributed by atoms with E-state index >= 15 is 0 Å². The third-order valence-electron chi connectivity index (χ3n) is 6.41. The number of nitrogens with zero attached hydrogens (tertiary/aromatic N) is 1. The number of para-hydroxylation sites is 1. The van der Waals surface area contributed by atoms with Gasteiger partial charge in [0.05, 0.1) is 18.8 Å². The van der Waals surface area contributed by atoms with Crippen LogP contribution in [0.15, 0.2) is 72.8 Å². The molecule has 7 heteroatoms. The summed E-state index contributed by atoms with van der Waals surface area (Å²) >= 11 is 0. The van der Waals surface area contributed by atoms with E-state index in [4.69, 9.17) is 5.11 Å². The molecule has 0 fully saturated rings. The normalized spacial score (nSPS) is 15.0. The van der Waals surface area contributed by atoms with E-state index in [9.17, 15) is 14.4 Å². The average Bonchev–Trinajstić information content (AvgIpc) is 3.29. The lowest BCUT2D eigenvalue weighted by atomic mass is 9.97. The van der Waals surface area contributed by atoms with Crippen LogP contribution < -0.4 is 15.5 Å². The Morgan fingerprint density at radius 1 is 1.06 bits per heavy atom. The quantitative estimate of drug-likeness (QED) is 0.445. The van der Waals surface area contributed by atoms with Crippen LogP contribution in [0.4, 0.5) is 17.1 Å². The highest BCUT2D eigenvalue weighted by Gasteiger charge is 2.28. The van der Waals surface area contributed by atoms with Crippen molar-refractivity contribution in [3.63, 3.8) is 0 Å². The van der Waals surface area contributed by atoms with Crippen molar-refractivity contribution >= 4 is 34.8 Å². The predicted octanol–water partition coefficient (Wildman–Crippen LogP) is 4.62. The van der Waals surface area contributed by atoms with E-state index in [2.05, 4.69) is 10.6 Å². The fraction of sp³-hybridized carbons (Fsp3) is 0.250. The lowest BCUT2D eigenvalue weighted by molar-refractivity contribution is -0.137. The van der Waals surface area contributed by atoms with Gasteiger partial charge in [0.1, 0.15) is 0 Å². The van der Waals surface area contributed by atoms with Crippen LogP contribution >= 0.6 is 0 Å². The van der Waals surface area contributed by atoms with Gasteiger partial charge in [-0.1, -0.05) is 49.4 Å². The van der Waals surface area contributed by atoms with E-state index in [1.807, 2.05) is 79.7 Å². The van der Waals surface area contributed by atoms with Gasteiger partial charge in [-0.25, -0.2) is 0 Å². The number of carboxylic acid groups (broad SMARTS) is 1. The molecule has 3 aromatic carbocycles. The van der Waals surface area contributed by atoms with Gasteiger partial charge in [0.15, 0.2) is 0 Å². The van der Waals surface area contributed by atoms with Gasteiger partial charge in [-0.3, -0.25) is 14.4 Å². The SMILES string of the molecule is CC(CC(=O)O)c1cccc(N(C)C(=O)Cc2ccc(NC(=O)C3CNc4ccccc43)cc2)c1. The molecule has 2 atom stereocenters. The van der Waals surface area contributed by atoms with Gasteiger partial charge >= 0.3 is 5.97 Å². The lowest BCUT2D eigenvalue weighted by Gasteiger charge is -2.20. The number of carboxylic acids is 1. The van der Waals surface area contributed by atoms with E-state index in [1.165, 1.54) is 0 Å². The minimum absolute atomic E-state index is 0.0355. The van der Waals surface area contributed by atoms with Gasteiger partial charge in [0, 0.05) is 30.7 Å². The molecular weight excluding hydrogens is 442 g/mol. The van der Waals surface area contributed by atoms with E-state index < -0.39 is 5.97 Å². The molecule has 0 bridgehead atoms. The molecule has 0 spiro atoms. The van der Waals surface area contributed by atoms with E-state index in [0.717, 1.165) is 28.1 Å². The van der Waals surface area contributed by atoms with Crippen LogP contribution in [0, 0.1) is 0 Å². The number of carbonyl (C=O) groups is 3. The second-order valence-electron chi connectivity index (χ2n) is 8.93. The Morgan fingerprint density at radius 3 is 2.54 bits per heavy atom. The molecular formula is C28H29N3O4. The zero-order chi connectivity index (χ0) is 24.9. The van der Waals surface area contributed by atoms with Crippen LogP contribution in [-0.2, 0) is 20.8 Å². The Hall–Kier alpha value is -4.13. The second-order valence-corrected chi connectivity index (χ2v) is 8.93. The van der Waals surface area contributed by atoms with Gasteiger partial charge in [0.2, 0.25) is 11.8 Å². The van der Waals surface area contributed by atoms with Crippen molar-refractivity contribution < 1.29 is 19.5 Å². The maximum atomic E-state index is 12.9. The van der Waals surface area contributed by atoms with Crippen molar-refractivity contribution in [2.24, 2.45) is 0 Å². The first-order chi connectivity index (χ1) is 16.8. The molecule has 2 unspecified atom stereocenters. The summed E-state index contributed by atoms with van der Waals surface area (Å²) in [4.78, 5) is 38.3. The lowest BCUT2D eigenvalue weighted by Crippen LogP contribution is -2.28. The molecule has 3 N–H and O–H groups in total. The van der Waals surface area contributed by atoms with Crippen molar-refractivity contribution in [2.75, 3.05) is 29.1 Å². The average molecular weight is 472 g/mol. The maximum Gasteiger partial charge on any atom is 0.303 e. The van der Waals surface area contributed by atoms with Crippen LogP contribution in [0.2, 0.25) is 0 Å². The molecule has 1 aliphatic heterocycles. The summed E-state index contributed by atoms with van der Waals surface area (Å²) in [5, 5.41) is 15.3. The summed E-state index contributed by atoms with van der Waals surface area (Å²) < 4.78 is 0. The highest BCUT2D eigenvalue weighted by atomic mass is 16.4. The molecule has 0 aliphatic carbocycles. The number of benzene rings is 3. The molecule has 2 amide bonds. The van der Waals surface area contributed by atoms with Gasteiger partial charge in [-0.05, 0) is 52.9 Å². The van der Waals surface area contributed by atoms with Gasteiger partial charge < -0.3 is 20.6 Å². The van der Waals surface area contributed by atoms with E-state index in [1.54, 1.807) is 11.9 Å². The number of likely N-dealkylation sites (N-methyl/N-ethyl adjacent to an activating group) is 1. The number of aliphatic carboxylic acids is 1. The molecule has 1 aliphatic rings. The number of fused-ring (bicyclic) bond motifs is 1. The molecule has 180 valence electrons. The molecule has 4 rings (SSSR count). The Kier molecular flexibility index (Phi) is 7.15. The van der Waals surface area contributed by atoms with Crippen molar-refractivity contribution in [3.8, 4) is 0 Å². The smallest absolute Gasteiger partial charge is 0.303 e. The molecule has 35 heavy (non-hydrogen) atoms. The zero-order valence-corrected chi connectivity index (χ0v) is 19.8. The first-order valence-electron chi connectivity index (χ1n) is 11.6. The number of hydrogen-bond donors (Lipinski definition) is 3. The zero-order valence-electron chi connectivity index (χ0n) is 19.8. The fourth-order valence-electron chi connectivity index (χ4n) is 4.31. The Morgan fingerprint density at radius 2 is 1.80 bits per heavy atom. The largest absolute Gasteiger partial charge is 0.481 e. The second kappa shape index (κ2) is 10.4. The molecule has 3 aromatic rings. The standard InChI is InChI=1S/C28H29N3O4/c1-18(14-27(33)34)20-6-5-7-22(16-20)31(2)26(32)15-19-10-12-21(13-11-19)30-28(35)24-17-29-25-9-4-3-8-23(24)25/h3-13,16,18,24,29H,14-15,17H2,1-2H3,(H,30,35)(H,33,34). The van der Waals surface area contributed by atoms with Gasteiger partial charge in [-0.15, -0.1) is 0 Å². The molecule has 7 nitrogen and oxygen atoms in total. The number of hydrogen-bond acceptors (Lipinski definition) is 4. The summed E-state index contributed by atoms with van der Waals surface area (Å²) in [7, 11) is 1.71. The first-order valence-corrected chi connectivity index (χ1v) is 11.6. The summed E-state index contributed by atoms with van der Waals surface area (Å²) in [6, 6.07) is 22.5. The minimum atomic E-state index is -0.850. The Balaban J connectivity index is 1.36. The fourth-order valence-corrected chi connectivity index (χ4v) is 4.31.